The van der Waals surface area contributed by atoms with E-state index >= 15 is 0 Å². The van der Waals surface area contributed by atoms with E-state index in [4.69, 9.17) is 5.73 Å². The number of hydrogen-bond acceptors (Lipinski definition) is 11. The highest BCUT2D eigenvalue weighted by Gasteiger charge is 2.39. The maximum Gasteiger partial charge on any atom is 0.326 e. The van der Waals surface area contributed by atoms with Crippen LogP contribution in [0.2, 0.25) is 0 Å². The Labute approximate surface area is 382 Å². The van der Waals surface area contributed by atoms with Crippen molar-refractivity contribution in [3.63, 3.8) is 0 Å². The highest BCUT2D eigenvalue weighted by molar-refractivity contribution is 5.97. The molecule has 0 aliphatic carbocycles. The molecule has 0 unspecified atom stereocenters. The fraction of sp³-hybridized carbons (Fsp3) is 0.457. The molecule has 2 aromatic carbocycles. The molecule has 20 nitrogen and oxygen atoms in total. The lowest BCUT2D eigenvalue weighted by atomic mass is 9.98. The summed E-state index contributed by atoms with van der Waals surface area (Å²) in [5.74, 6) is -5.85. The fourth-order valence-corrected chi connectivity index (χ4v) is 7.75. The van der Waals surface area contributed by atoms with Gasteiger partial charge in [-0.1, -0.05) is 70.2 Å². The number of phenols is 1. The Bertz CT molecular complexity index is 2240. The summed E-state index contributed by atoms with van der Waals surface area (Å²) in [5, 5.41) is 33.2. The number of nitrogens with two attached hydrogens (primary N) is 1. The smallest absolute Gasteiger partial charge is 0.326 e. The first-order valence-electron chi connectivity index (χ1n) is 22.1. The van der Waals surface area contributed by atoms with E-state index in [1.54, 1.807) is 44.3 Å². The molecule has 0 bridgehead atoms. The monoisotopic (exact) mass is 911 g/mol. The first-order valence-corrected chi connectivity index (χ1v) is 22.1. The van der Waals surface area contributed by atoms with Crippen LogP contribution in [0, 0.1) is 11.8 Å². The molecule has 20 heteroatoms. The number of benzene rings is 2. The molecule has 2 aromatic heterocycles. The number of imidazole rings is 2. The fourth-order valence-electron chi connectivity index (χ4n) is 7.75. The van der Waals surface area contributed by atoms with Gasteiger partial charge in [0.2, 0.25) is 35.4 Å². The van der Waals surface area contributed by atoms with Gasteiger partial charge in [-0.25, -0.2) is 14.8 Å². The first kappa shape index (κ1) is 49.9. The van der Waals surface area contributed by atoms with Crippen molar-refractivity contribution in [2.24, 2.45) is 17.6 Å². The Balaban J connectivity index is 1.32. The van der Waals surface area contributed by atoms with Crippen LogP contribution in [0.5, 0.6) is 5.75 Å². The van der Waals surface area contributed by atoms with Gasteiger partial charge in [0.25, 0.3) is 0 Å². The molecule has 1 aliphatic heterocycles. The Morgan fingerprint density at radius 2 is 1.24 bits per heavy atom. The van der Waals surface area contributed by atoms with E-state index in [1.807, 2.05) is 19.9 Å². The SMILES string of the molecule is CC(C)C[C@H](NC(=O)[C@H](Cc1cnc[nH]1)NC(=O)[C@H](Cc1ccccc1)NC(=O)[C@@H]1CCCN1C(=O)[C@@H](N)Cc1cnc[nH]1)C(=O)N[C@H](C(=O)N[C@@H](Cc1ccc(O)cc1)C(=O)O)C(C)C. The normalized spacial score (nSPS) is 16.3. The molecule has 0 radical (unpaired) electrons. The number of amides is 6. The van der Waals surface area contributed by atoms with Gasteiger partial charge < -0.3 is 57.4 Å². The molecule has 5 rings (SSSR count). The maximum atomic E-state index is 14.4. The third-order valence-corrected chi connectivity index (χ3v) is 11.3. The van der Waals surface area contributed by atoms with E-state index in [0.29, 0.717) is 41.9 Å². The number of carboxylic acids is 1. The van der Waals surface area contributed by atoms with Gasteiger partial charge in [0.15, 0.2) is 0 Å². The number of carbonyl (C=O) groups excluding carboxylic acids is 6. The molecule has 1 saturated heterocycles. The minimum absolute atomic E-state index is 0.00246. The summed E-state index contributed by atoms with van der Waals surface area (Å²) < 4.78 is 0. The van der Waals surface area contributed by atoms with E-state index in [-0.39, 0.29) is 43.8 Å². The lowest BCUT2D eigenvalue weighted by Gasteiger charge is -2.30. The van der Waals surface area contributed by atoms with Crippen molar-refractivity contribution in [1.82, 2.24) is 51.4 Å². The third kappa shape index (κ3) is 14.5. The number of hydrogen-bond donors (Lipinski definition) is 10. The number of aromatic hydroxyl groups is 1. The van der Waals surface area contributed by atoms with Gasteiger partial charge in [0.05, 0.1) is 18.7 Å². The second-order valence-corrected chi connectivity index (χ2v) is 17.4. The summed E-state index contributed by atoms with van der Waals surface area (Å²) >= 11 is 0. The highest BCUT2D eigenvalue weighted by Crippen LogP contribution is 2.20. The zero-order valence-corrected chi connectivity index (χ0v) is 37.5. The lowest BCUT2D eigenvalue weighted by molar-refractivity contribution is -0.142. The van der Waals surface area contributed by atoms with Crippen molar-refractivity contribution in [3.8, 4) is 5.75 Å². The molecule has 4 aromatic rings. The van der Waals surface area contributed by atoms with Gasteiger partial charge in [0, 0.05) is 56.0 Å². The molecule has 66 heavy (non-hydrogen) atoms. The molecular weight excluding hydrogens is 851 g/mol. The predicted molar refractivity (Wildman–Crippen MR) is 241 cm³/mol. The van der Waals surface area contributed by atoms with Crippen LogP contribution in [0.3, 0.4) is 0 Å². The molecule has 1 fully saturated rings. The number of aromatic nitrogens is 4. The molecule has 0 saturated carbocycles. The van der Waals surface area contributed by atoms with Crippen LogP contribution in [0.25, 0.3) is 0 Å². The Morgan fingerprint density at radius 3 is 1.82 bits per heavy atom. The van der Waals surface area contributed by atoms with Gasteiger partial charge in [-0.05, 0) is 54.4 Å². The summed E-state index contributed by atoms with van der Waals surface area (Å²) in [5.41, 5.74) is 8.68. The van der Waals surface area contributed by atoms with Crippen LogP contribution in [-0.4, -0.2) is 125 Å². The number of rotatable bonds is 23. The number of aliphatic carboxylic acids is 1. The van der Waals surface area contributed by atoms with Crippen LogP contribution in [0.1, 0.15) is 69.5 Å². The van der Waals surface area contributed by atoms with E-state index in [1.165, 1.54) is 48.0 Å². The van der Waals surface area contributed by atoms with Crippen molar-refractivity contribution in [2.45, 2.75) is 115 Å². The van der Waals surface area contributed by atoms with Gasteiger partial charge in [-0.15, -0.1) is 0 Å². The summed E-state index contributed by atoms with van der Waals surface area (Å²) in [4.78, 5) is 111. The predicted octanol–water partition coefficient (Wildman–Crippen LogP) is 0.638. The molecule has 3 heterocycles. The van der Waals surface area contributed by atoms with Crippen LogP contribution < -0.4 is 32.3 Å². The highest BCUT2D eigenvalue weighted by atomic mass is 16.4. The summed E-state index contributed by atoms with van der Waals surface area (Å²) in [6.45, 7) is 7.33. The summed E-state index contributed by atoms with van der Waals surface area (Å²) in [7, 11) is 0. The van der Waals surface area contributed by atoms with Crippen molar-refractivity contribution in [2.75, 3.05) is 6.54 Å². The van der Waals surface area contributed by atoms with Crippen molar-refractivity contribution in [3.05, 3.63) is 102 Å². The molecule has 354 valence electrons. The molecule has 6 amide bonds. The van der Waals surface area contributed by atoms with Crippen LogP contribution in [0.4, 0.5) is 0 Å². The number of nitrogens with one attached hydrogen (secondary N) is 7. The molecule has 7 atom stereocenters. The quantitative estimate of drug-likeness (QED) is 0.0491. The van der Waals surface area contributed by atoms with Gasteiger partial charge in [0.1, 0.15) is 42.0 Å². The van der Waals surface area contributed by atoms with E-state index < -0.39 is 89.6 Å². The van der Waals surface area contributed by atoms with E-state index in [0.717, 1.165) is 0 Å². The van der Waals surface area contributed by atoms with Crippen molar-refractivity contribution < 1.29 is 43.8 Å². The van der Waals surface area contributed by atoms with Gasteiger partial charge >= 0.3 is 5.97 Å². The zero-order chi connectivity index (χ0) is 47.9. The largest absolute Gasteiger partial charge is 0.508 e. The number of carboxylic acid groups (broad SMARTS) is 1. The Kier molecular flexibility index (Phi) is 17.9. The molecular formula is C46H61N11O9. The van der Waals surface area contributed by atoms with Crippen LogP contribution >= 0.6 is 0 Å². The van der Waals surface area contributed by atoms with E-state index in [9.17, 15) is 43.8 Å². The number of likely N-dealkylation sites (tertiary alicyclic amines) is 1. The van der Waals surface area contributed by atoms with Crippen molar-refractivity contribution in [1.29, 1.82) is 0 Å². The average molecular weight is 912 g/mol. The lowest BCUT2D eigenvalue weighted by Crippen LogP contribution is -2.61. The number of nitrogens with zero attached hydrogens (tertiary/aromatic N) is 3. The Morgan fingerprint density at radius 1 is 0.697 bits per heavy atom. The average Bonchev–Trinajstić information content (AvgIpc) is 4.10. The number of carbonyl (C=O) groups is 7. The second-order valence-electron chi connectivity index (χ2n) is 17.4. The first-order chi connectivity index (χ1) is 31.5. The van der Waals surface area contributed by atoms with Crippen LogP contribution in [-0.2, 0) is 59.2 Å². The topological polar surface area (TPSA) is 307 Å². The minimum atomic E-state index is -1.36. The number of phenolic OH excluding ortho intramolecular Hbond substituents is 1. The molecule has 0 spiro atoms. The van der Waals surface area contributed by atoms with Gasteiger partial charge in [-0.3, -0.25) is 28.8 Å². The standard InChI is InChI=1S/C46H61N11O9/c1-26(2)17-34(42(61)56-39(27(3)4)44(63)55-37(46(65)66)19-29-12-14-32(58)15-13-29)52-41(60)36(21-31-23-49-25-51-31)53-40(59)35(18-28-9-6-5-7-10-28)54-43(62)38-11-8-16-57(38)45(64)33(47)20-30-22-48-24-50-30/h5-7,9-10,12-15,22-27,33-39,58H,8,11,16-21,47H2,1-4H3,(H,48,50)(H,49,51)(H,52,60)(H,53,59)(H,54,62)(H,55,63)(H,56,61)(H,65,66)/t33-,34-,35-,36-,37-,38-,39-/m0/s1. The second kappa shape index (κ2) is 23.7. The molecule has 11 N–H and O–H groups in total. The number of aromatic amines is 2. The summed E-state index contributed by atoms with van der Waals surface area (Å²) in [6.07, 6.45) is 6.99. The molecule has 1 aliphatic rings. The summed E-state index contributed by atoms with van der Waals surface area (Å²) in [6, 6.07) is 6.73. The van der Waals surface area contributed by atoms with Crippen molar-refractivity contribution >= 4 is 41.4 Å². The van der Waals surface area contributed by atoms with Crippen LogP contribution in [0.15, 0.2) is 79.6 Å². The Hall–Kier alpha value is -7.09. The van der Waals surface area contributed by atoms with E-state index in [2.05, 4.69) is 46.5 Å². The number of H-pyrrole nitrogens is 2. The van der Waals surface area contributed by atoms with Gasteiger partial charge in [-0.2, -0.15) is 0 Å². The third-order valence-electron chi connectivity index (χ3n) is 11.3. The zero-order valence-electron chi connectivity index (χ0n) is 37.5. The maximum absolute atomic E-state index is 14.4. The minimum Gasteiger partial charge on any atom is -0.508 e.